The first-order valence-corrected chi connectivity index (χ1v) is 9.95. The van der Waals surface area contributed by atoms with Crippen LogP contribution in [0.1, 0.15) is 60.3 Å². The van der Waals surface area contributed by atoms with Gasteiger partial charge < -0.3 is 19.7 Å². The van der Waals surface area contributed by atoms with Crippen LogP contribution in [-0.2, 0) is 14.1 Å². The van der Waals surface area contributed by atoms with Gasteiger partial charge in [0, 0.05) is 0 Å². The highest BCUT2D eigenvalue weighted by Gasteiger charge is 2.59. The van der Waals surface area contributed by atoms with E-state index >= 15 is 0 Å². The molecule has 0 aromatic heterocycles. The van der Waals surface area contributed by atoms with Crippen molar-refractivity contribution in [2.75, 3.05) is 6.54 Å². The molecule has 2 heterocycles. The third-order valence-electron chi connectivity index (χ3n) is 7.79. The molecule has 0 unspecified atom stereocenters. The summed E-state index contributed by atoms with van der Waals surface area (Å²) in [7, 11) is -0.142. The van der Waals surface area contributed by atoms with Crippen LogP contribution in [0.3, 0.4) is 0 Å². The minimum Gasteiger partial charge on any atom is -0.480 e. The topological polar surface area (TPSA) is 67.8 Å². The maximum atomic E-state index is 11.3. The van der Waals surface area contributed by atoms with Crippen molar-refractivity contribution >= 4 is 13.1 Å². The van der Waals surface area contributed by atoms with Crippen LogP contribution in [0.2, 0.25) is 6.32 Å². The number of nitrogens with one attached hydrogen (secondary N) is 1. The number of carboxylic acids is 1. The fraction of sp³-hybridized carbons (Fsp3) is 0.947. The number of hydrogen-bond donors (Lipinski definition) is 2. The van der Waals surface area contributed by atoms with Gasteiger partial charge in [0.2, 0.25) is 0 Å². The Kier molecular flexibility index (Phi) is 5.26. The summed E-state index contributed by atoms with van der Waals surface area (Å²) in [5.74, 6) is 0.562. The van der Waals surface area contributed by atoms with E-state index in [9.17, 15) is 9.90 Å². The fourth-order valence-corrected chi connectivity index (χ4v) is 5.20. The van der Waals surface area contributed by atoms with Gasteiger partial charge in [0.15, 0.2) is 0 Å². The van der Waals surface area contributed by atoms with Gasteiger partial charge >= 0.3 is 13.1 Å². The first-order valence-electron chi connectivity index (χ1n) is 9.95. The summed E-state index contributed by atoms with van der Waals surface area (Å²) in [5, 5.41) is 12.3. The maximum absolute atomic E-state index is 11.3. The zero-order valence-corrected chi connectivity index (χ0v) is 16.4. The predicted molar refractivity (Wildman–Crippen MR) is 98.4 cm³/mol. The normalized spacial score (nSPS) is 43.2. The summed E-state index contributed by atoms with van der Waals surface area (Å²) in [5.41, 5.74) is 0.0346. The third-order valence-corrected chi connectivity index (χ3v) is 7.79. The van der Waals surface area contributed by atoms with E-state index in [1.54, 1.807) is 0 Å². The number of carboxylic acid groups (broad SMARTS) is 1. The van der Waals surface area contributed by atoms with E-state index in [0.29, 0.717) is 11.8 Å². The summed E-state index contributed by atoms with van der Waals surface area (Å²) in [4.78, 5) is 11.3. The molecule has 142 valence electrons. The smallest absolute Gasteiger partial charge is 0.457 e. The molecule has 6 heteroatoms. The monoisotopic (exact) mass is 351 g/mol. The summed E-state index contributed by atoms with van der Waals surface area (Å²) < 4.78 is 12.7. The Morgan fingerprint density at radius 3 is 2.72 bits per heavy atom. The summed E-state index contributed by atoms with van der Waals surface area (Å²) in [6, 6.07) is -0.382. The largest absolute Gasteiger partial charge is 0.480 e. The van der Waals surface area contributed by atoms with Crippen molar-refractivity contribution in [3.05, 3.63) is 0 Å². The predicted octanol–water partition coefficient (Wildman–Crippen LogP) is 3.19. The quantitative estimate of drug-likeness (QED) is 0.745. The first kappa shape index (κ1) is 19.2. The third kappa shape index (κ3) is 3.37. The second kappa shape index (κ2) is 6.86. The summed E-state index contributed by atoms with van der Waals surface area (Å²) >= 11 is 0. The van der Waals surface area contributed by atoms with Gasteiger partial charge in [-0.05, 0) is 62.2 Å². The van der Waals surface area contributed by atoms with Gasteiger partial charge in [-0.15, -0.1) is 0 Å². The second-order valence-electron chi connectivity index (χ2n) is 9.29. The van der Waals surface area contributed by atoms with Crippen LogP contribution in [0.25, 0.3) is 0 Å². The highest BCUT2D eigenvalue weighted by molar-refractivity contribution is 6.45. The van der Waals surface area contributed by atoms with E-state index in [1.165, 1.54) is 0 Å². The number of rotatable bonds is 5. The Hall–Kier alpha value is -0.585. The van der Waals surface area contributed by atoms with Gasteiger partial charge in [0.1, 0.15) is 6.04 Å². The van der Waals surface area contributed by atoms with E-state index in [4.69, 9.17) is 9.31 Å². The molecule has 1 aliphatic carbocycles. The van der Waals surface area contributed by atoms with Crippen molar-refractivity contribution < 1.29 is 19.2 Å². The molecule has 2 N–H and O–H groups in total. The molecular formula is C19H34BNO4. The van der Waals surface area contributed by atoms with Crippen molar-refractivity contribution in [1.29, 1.82) is 0 Å². The standard InChI is InChI=1S/C19H34BNO4/c1-12-11-15-19(5,13(2)18(12,3)4)25-20(24-15)9-6-7-14-8-10-21-16(14)17(22)23/h12-16,21H,6-11H2,1-5H3,(H,22,23)/t12-,13-,14-,15+,16+,19-/m1/s1. The van der Waals surface area contributed by atoms with Crippen LogP contribution in [0.5, 0.6) is 0 Å². The van der Waals surface area contributed by atoms with E-state index < -0.39 is 5.97 Å². The molecule has 0 bridgehead atoms. The Morgan fingerprint density at radius 1 is 1.32 bits per heavy atom. The van der Waals surface area contributed by atoms with Gasteiger partial charge in [0.25, 0.3) is 0 Å². The molecule has 0 amide bonds. The van der Waals surface area contributed by atoms with Crippen molar-refractivity contribution in [3.63, 3.8) is 0 Å². The molecule has 3 rings (SSSR count). The van der Waals surface area contributed by atoms with Gasteiger partial charge in [-0.2, -0.15) is 0 Å². The van der Waals surface area contributed by atoms with Gasteiger partial charge in [0.05, 0.1) is 11.7 Å². The Labute approximate surface area is 152 Å². The lowest BCUT2D eigenvalue weighted by Crippen LogP contribution is -2.56. The van der Waals surface area contributed by atoms with Crippen molar-refractivity contribution in [2.24, 2.45) is 23.2 Å². The number of carbonyl (C=O) groups is 1. The first-order chi connectivity index (χ1) is 11.7. The van der Waals surface area contributed by atoms with Crippen LogP contribution in [0.4, 0.5) is 0 Å². The average Bonchev–Trinajstić information content (AvgIpc) is 3.11. The highest BCUT2D eigenvalue weighted by atomic mass is 16.7. The van der Waals surface area contributed by atoms with Crippen molar-refractivity contribution in [3.8, 4) is 0 Å². The zero-order valence-electron chi connectivity index (χ0n) is 16.4. The second-order valence-corrected chi connectivity index (χ2v) is 9.29. The minimum absolute atomic E-state index is 0.142. The Bertz CT molecular complexity index is 514. The maximum Gasteiger partial charge on any atom is 0.457 e. The molecule has 2 aliphatic heterocycles. The van der Waals surface area contributed by atoms with Crippen LogP contribution in [0.15, 0.2) is 0 Å². The molecule has 6 atom stereocenters. The van der Waals surface area contributed by atoms with Crippen molar-refractivity contribution in [1.82, 2.24) is 5.32 Å². The molecule has 25 heavy (non-hydrogen) atoms. The molecule has 1 saturated carbocycles. The van der Waals surface area contributed by atoms with Gasteiger partial charge in [-0.1, -0.05) is 34.1 Å². The summed E-state index contributed by atoms with van der Waals surface area (Å²) in [6.07, 6.45) is 4.92. The lowest BCUT2D eigenvalue weighted by Gasteiger charge is -2.53. The van der Waals surface area contributed by atoms with Crippen LogP contribution >= 0.6 is 0 Å². The van der Waals surface area contributed by atoms with E-state index in [0.717, 1.165) is 38.5 Å². The van der Waals surface area contributed by atoms with Crippen LogP contribution in [-0.4, -0.2) is 42.5 Å². The molecule has 0 radical (unpaired) electrons. The van der Waals surface area contributed by atoms with Crippen molar-refractivity contribution in [2.45, 2.75) is 84.4 Å². The van der Waals surface area contributed by atoms with Gasteiger partial charge in [-0.25, -0.2) is 0 Å². The molecule has 0 aromatic carbocycles. The lowest BCUT2D eigenvalue weighted by molar-refractivity contribution is -0.140. The fourth-order valence-electron chi connectivity index (χ4n) is 5.20. The molecule has 2 saturated heterocycles. The molecule has 5 nitrogen and oxygen atoms in total. The molecule has 3 fully saturated rings. The van der Waals surface area contributed by atoms with E-state index in [-0.39, 0.29) is 36.2 Å². The Balaban J connectivity index is 1.54. The van der Waals surface area contributed by atoms with Crippen LogP contribution < -0.4 is 5.32 Å². The van der Waals surface area contributed by atoms with E-state index in [2.05, 4.69) is 39.9 Å². The SMILES string of the molecule is C[C@@H]1C[C@@H]2OB(CCC[C@@H]3CCN[C@@H]3C(=O)O)O[C@]2(C)[C@H](C)C1(C)C. The Morgan fingerprint density at radius 2 is 2.04 bits per heavy atom. The molecule has 0 spiro atoms. The van der Waals surface area contributed by atoms with Crippen LogP contribution in [0, 0.1) is 23.2 Å². The van der Waals surface area contributed by atoms with Gasteiger partial charge in [-0.3, -0.25) is 4.79 Å². The number of aliphatic carboxylic acids is 1. The average molecular weight is 351 g/mol. The highest BCUT2D eigenvalue weighted by Crippen LogP contribution is 2.54. The summed E-state index contributed by atoms with van der Waals surface area (Å²) in [6.45, 7) is 12.3. The molecule has 0 aromatic rings. The number of hydrogen-bond acceptors (Lipinski definition) is 4. The molecule has 3 aliphatic rings. The molecular weight excluding hydrogens is 317 g/mol. The zero-order chi connectivity index (χ0) is 18.4. The van der Waals surface area contributed by atoms with E-state index in [1.807, 2.05) is 0 Å². The minimum atomic E-state index is -0.723. The lowest BCUT2D eigenvalue weighted by atomic mass is 9.57. The number of fused-ring (bicyclic) bond motifs is 1.